The number of hydrogen-bond acceptors (Lipinski definition) is 5. The van der Waals surface area contributed by atoms with Crippen LogP contribution in [-0.4, -0.2) is 61.7 Å². The molecule has 1 aliphatic rings. The van der Waals surface area contributed by atoms with Gasteiger partial charge < -0.3 is 20.0 Å². The molecule has 0 spiro atoms. The molecular formula is C23H26ClN5O4. The Hall–Kier alpha value is -3.30. The summed E-state index contributed by atoms with van der Waals surface area (Å²) in [6.07, 6.45) is -0.424. The van der Waals surface area contributed by atoms with Gasteiger partial charge in [-0.25, -0.2) is 18.8 Å². The van der Waals surface area contributed by atoms with Crippen LogP contribution in [0.5, 0.6) is 0 Å². The number of piperazine rings is 1. The molecule has 1 aliphatic heterocycles. The van der Waals surface area contributed by atoms with E-state index in [9.17, 15) is 14.7 Å². The minimum Gasteiger partial charge on any atom is -0.465 e. The first kappa shape index (κ1) is 22.9. The Kier molecular flexibility index (Phi) is 6.18. The predicted molar refractivity (Wildman–Crippen MR) is 125 cm³/mol. The molecule has 174 valence electrons. The maximum atomic E-state index is 13.2. The second kappa shape index (κ2) is 8.92. The molecule has 1 saturated heterocycles. The number of halogens is 1. The van der Waals surface area contributed by atoms with Gasteiger partial charge in [0.1, 0.15) is 12.4 Å². The molecule has 0 radical (unpaired) electrons. The van der Waals surface area contributed by atoms with Crippen molar-refractivity contribution in [2.24, 2.45) is 0 Å². The van der Waals surface area contributed by atoms with Crippen LogP contribution in [-0.2, 0) is 5.54 Å². The molecule has 0 saturated carbocycles. The van der Waals surface area contributed by atoms with Crippen LogP contribution in [0.25, 0.3) is 5.69 Å². The van der Waals surface area contributed by atoms with E-state index in [1.165, 1.54) is 20.5 Å². The summed E-state index contributed by atoms with van der Waals surface area (Å²) in [7, 11) is 0. The van der Waals surface area contributed by atoms with Crippen LogP contribution >= 0.6 is 11.6 Å². The van der Waals surface area contributed by atoms with E-state index in [0.29, 0.717) is 42.5 Å². The van der Waals surface area contributed by atoms with E-state index in [1.54, 1.807) is 38.1 Å². The zero-order chi connectivity index (χ0) is 23.8. The first-order valence-electron chi connectivity index (χ1n) is 10.6. The molecule has 9 nitrogen and oxygen atoms in total. The highest BCUT2D eigenvalue weighted by Crippen LogP contribution is 2.31. The highest BCUT2D eigenvalue weighted by Gasteiger charge is 2.34. The third-order valence-electron chi connectivity index (χ3n) is 6.11. The Balaban J connectivity index is 1.53. The van der Waals surface area contributed by atoms with E-state index in [0.717, 1.165) is 5.69 Å². The first-order chi connectivity index (χ1) is 15.7. The van der Waals surface area contributed by atoms with Gasteiger partial charge in [0.2, 0.25) is 0 Å². The molecule has 1 amide bonds. The van der Waals surface area contributed by atoms with Crippen LogP contribution in [0.2, 0.25) is 5.02 Å². The first-order valence-corrected chi connectivity index (χ1v) is 11.0. The number of amides is 1. The smallest absolute Gasteiger partial charge is 0.407 e. The summed E-state index contributed by atoms with van der Waals surface area (Å²) in [5, 5.41) is 24.9. The summed E-state index contributed by atoms with van der Waals surface area (Å²) in [6.45, 7) is 5.64. The van der Waals surface area contributed by atoms with Crippen LogP contribution in [0.1, 0.15) is 25.5 Å². The van der Waals surface area contributed by atoms with Crippen LogP contribution in [0, 0.1) is 0 Å². The Labute approximate surface area is 196 Å². The fourth-order valence-electron chi connectivity index (χ4n) is 4.03. The maximum absolute atomic E-state index is 13.2. The Bertz CT molecular complexity index is 1180. The Morgan fingerprint density at radius 3 is 2.15 bits per heavy atom. The lowest BCUT2D eigenvalue weighted by Gasteiger charge is -2.34. The molecule has 33 heavy (non-hydrogen) atoms. The lowest BCUT2D eigenvalue weighted by Crippen LogP contribution is -2.48. The summed E-state index contributed by atoms with van der Waals surface area (Å²) in [6, 6.07) is 14.3. The van der Waals surface area contributed by atoms with Gasteiger partial charge in [-0.05, 0) is 55.8 Å². The van der Waals surface area contributed by atoms with E-state index in [1.807, 2.05) is 24.3 Å². The topological polar surface area (TPSA) is 104 Å². The van der Waals surface area contributed by atoms with Gasteiger partial charge in [0.15, 0.2) is 0 Å². The van der Waals surface area contributed by atoms with E-state index in [-0.39, 0.29) is 5.69 Å². The Morgan fingerprint density at radius 1 is 1.00 bits per heavy atom. The number of carboxylic acid groups (broad SMARTS) is 1. The summed E-state index contributed by atoms with van der Waals surface area (Å²) >= 11 is 5.94. The van der Waals surface area contributed by atoms with Crippen molar-refractivity contribution in [3.05, 3.63) is 75.9 Å². The Morgan fingerprint density at radius 2 is 1.58 bits per heavy atom. The summed E-state index contributed by atoms with van der Waals surface area (Å²) < 4.78 is 2.72. The fourth-order valence-corrected chi connectivity index (χ4v) is 4.15. The third-order valence-corrected chi connectivity index (χ3v) is 6.37. The molecule has 0 aliphatic carbocycles. The van der Waals surface area contributed by atoms with E-state index < -0.39 is 17.7 Å². The number of nitrogens with zero attached hydrogens (tertiary/aromatic N) is 5. The van der Waals surface area contributed by atoms with E-state index >= 15 is 0 Å². The van der Waals surface area contributed by atoms with Crippen molar-refractivity contribution in [2.75, 3.05) is 31.1 Å². The number of hydrogen-bond donors (Lipinski definition) is 2. The van der Waals surface area contributed by atoms with Gasteiger partial charge in [-0.3, -0.25) is 0 Å². The minimum absolute atomic E-state index is 0.365. The molecule has 0 bridgehead atoms. The SMILES string of the molecule is CC(C)(C(O)c1ccc(Cl)cc1)n1ncn(-c2ccc(N3CCN(C(=O)O)CC3)cc2)c1=O. The lowest BCUT2D eigenvalue weighted by molar-refractivity contribution is 0.0456. The number of aromatic nitrogens is 3. The standard InChI is InChI=1S/C23H26ClN5O4/c1-23(2,20(30)16-3-5-17(24)6-4-16)29-21(31)28(15-25-29)19-9-7-18(8-10-19)26-11-13-27(14-12-26)22(32)33/h3-10,15,20,30H,11-14H2,1-2H3,(H,32,33). The molecule has 3 aromatic rings. The van der Waals surface area contributed by atoms with Gasteiger partial charge >= 0.3 is 11.8 Å². The molecule has 1 aromatic heterocycles. The molecular weight excluding hydrogens is 446 g/mol. The number of benzene rings is 2. The summed E-state index contributed by atoms with van der Waals surface area (Å²) in [5.74, 6) is 0. The van der Waals surface area contributed by atoms with Crippen molar-refractivity contribution >= 4 is 23.4 Å². The molecule has 1 atom stereocenters. The van der Waals surface area contributed by atoms with Crippen molar-refractivity contribution in [3.63, 3.8) is 0 Å². The fraction of sp³-hybridized carbons (Fsp3) is 0.348. The molecule has 4 rings (SSSR count). The summed E-state index contributed by atoms with van der Waals surface area (Å²) in [4.78, 5) is 27.8. The average molecular weight is 472 g/mol. The molecule has 2 N–H and O–H groups in total. The largest absolute Gasteiger partial charge is 0.465 e. The number of carbonyl (C=O) groups is 1. The highest BCUT2D eigenvalue weighted by atomic mass is 35.5. The van der Waals surface area contributed by atoms with Gasteiger partial charge in [-0.15, -0.1) is 0 Å². The van der Waals surface area contributed by atoms with E-state index in [4.69, 9.17) is 16.7 Å². The lowest BCUT2D eigenvalue weighted by atomic mass is 9.91. The average Bonchev–Trinajstić information content (AvgIpc) is 3.21. The second-order valence-electron chi connectivity index (χ2n) is 8.58. The quantitative estimate of drug-likeness (QED) is 0.593. The zero-order valence-electron chi connectivity index (χ0n) is 18.4. The van der Waals surface area contributed by atoms with Crippen molar-refractivity contribution in [2.45, 2.75) is 25.5 Å². The van der Waals surface area contributed by atoms with Crippen molar-refractivity contribution in [3.8, 4) is 5.69 Å². The number of aliphatic hydroxyl groups is 1. The van der Waals surface area contributed by atoms with Crippen LogP contribution in [0.15, 0.2) is 59.7 Å². The van der Waals surface area contributed by atoms with Crippen molar-refractivity contribution < 1.29 is 15.0 Å². The monoisotopic (exact) mass is 471 g/mol. The van der Waals surface area contributed by atoms with Gasteiger partial charge in [0.05, 0.1) is 11.2 Å². The normalized spacial score (nSPS) is 15.5. The van der Waals surface area contributed by atoms with Crippen molar-refractivity contribution in [1.29, 1.82) is 0 Å². The number of aliphatic hydroxyl groups excluding tert-OH is 1. The van der Waals surface area contributed by atoms with Gasteiger partial charge in [-0.2, -0.15) is 5.10 Å². The van der Waals surface area contributed by atoms with E-state index in [2.05, 4.69) is 10.00 Å². The molecule has 2 heterocycles. The molecule has 1 unspecified atom stereocenters. The molecule has 10 heteroatoms. The third kappa shape index (κ3) is 4.46. The minimum atomic E-state index is -1.00. The zero-order valence-corrected chi connectivity index (χ0v) is 19.2. The molecule has 1 fully saturated rings. The van der Waals surface area contributed by atoms with Gasteiger partial charge in [0.25, 0.3) is 0 Å². The van der Waals surface area contributed by atoms with Crippen LogP contribution in [0.3, 0.4) is 0 Å². The predicted octanol–water partition coefficient (Wildman–Crippen LogP) is 2.96. The van der Waals surface area contributed by atoms with Gasteiger partial charge in [-0.1, -0.05) is 23.7 Å². The van der Waals surface area contributed by atoms with Crippen LogP contribution < -0.4 is 10.6 Å². The maximum Gasteiger partial charge on any atom is 0.407 e. The highest BCUT2D eigenvalue weighted by molar-refractivity contribution is 6.30. The summed E-state index contributed by atoms with van der Waals surface area (Å²) in [5.41, 5.74) is 0.882. The second-order valence-corrected chi connectivity index (χ2v) is 9.01. The van der Waals surface area contributed by atoms with Crippen LogP contribution in [0.4, 0.5) is 10.5 Å². The number of anilines is 1. The van der Waals surface area contributed by atoms with Crippen molar-refractivity contribution in [1.82, 2.24) is 19.2 Å². The number of rotatable bonds is 5. The van der Waals surface area contributed by atoms with Gasteiger partial charge in [0, 0.05) is 36.9 Å². The molecule has 2 aromatic carbocycles.